The molecule has 2 aromatic rings. The van der Waals surface area contributed by atoms with E-state index in [4.69, 9.17) is 40.2 Å². The van der Waals surface area contributed by atoms with E-state index in [1.165, 1.54) is 16.7 Å². The molecule has 1 aliphatic rings. The van der Waals surface area contributed by atoms with Crippen LogP contribution in [0.2, 0.25) is 10.0 Å². The van der Waals surface area contributed by atoms with Gasteiger partial charge in [0.05, 0.1) is 27.7 Å². The normalized spacial score (nSPS) is 16.1. The number of benzene rings is 2. The highest BCUT2D eigenvalue weighted by Crippen LogP contribution is 2.38. The fourth-order valence-electron chi connectivity index (χ4n) is 2.19. The molecule has 0 aromatic heterocycles. The number of thiocarbonyl (C=S) groups is 1. The molecular formula is C17H11Cl2NO2S2. The second-order valence-electron chi connectivity index (χ2n) is 4.86. The predicted octanol–water partition coefficient (Wildman–Crippen LogP) is 5.41. The van der Waals surface area contributed by atoms with E-state index >= 15 is 0 Å². The summed E-state index contributed by atoms with van der Waals surface area (Å²) < 4.78 is 5.60. The molecule has 3 nitrogen and oxygen atoms in total. The van der Waals surface area contributed by atoms with Gasteiger partial charge in [-0.05, 0) is 42.0 Å². The van der Waals surface area contributed by atoms with E-state index in [2.05, 4.69) is 0 Å². The molecule has 0 radical (unpaired) electrons. The molecule has 122 valence electrons. The minimum absolute atomic E-state index is 0.189. The molecule has 0 aliphatic carbocycles. The first-order chi connectivity index (χ1) is 11.5. The summed E-state index contributed by atoms with van der Waals surface area (Å²) >= 11 is 18.8. The average molecular weight is 396 g/mol. The van der Waals surface area contributed by atoms with Gasteiger partial charge in [0.1, 0.15) is 5.75 Å². The Labute approximate surface area is 159 Å². The predicted molar refractivity (Wildman–Crippen MR) is 105 cm³/mol. The number of carbonyl (C=O) groups excluding carboxylic acids is 1. The highest BCUT2D eigenvalue weighted by molar-refractivity contribution is 8.27. The van der Waals surface area contributed by atoms with E-state index in [0.717, 1.165) is 0 Å². The third-order valence-corrected chi connectivity index (χ3v) is 5.53. The van der Waals surface area contributed by atoms with Crippen molar-refractivity contribution in [1.29, 1.82) is 0 Å². The first-order valence-corrected chi connectivity index (χ1v) is 8.85. The molecule has 0 bridgehead atoms. The van der Waals surface area contributed by atoms with Gasteiger partial charge in [0, 0.05) is 0 Å². The molecule has 3 rings (SSSR count). The highest BCUT2D eigenvalue weighted by Gasteiger charge is 2.33. The van der Waals surface area contributed by atoms with Crippen molar-refractivity contribution in [2.75, 3.05) is 12.0 Å². The van der Waals surface area contributed by atoms with Crippen molar-refractivity contribution in [3.8, 4) is 5.75 Å². The first kappa shape index (κ1) is 17.3. The minimum atomic E-state index is -0.189. The lowest BCUT2D eigenvalue weighted by atomic mass is 10.2. The average Bonchev–Trinajstić information content (AvgIpc) is 2.86. The number of anilines is 1. The SMILES string of the molecule is COc1ccc(N2C(=O)/C(=C\c3cccc(Cl)c3Cl)SC2=S)cc1. The lowest BCUT2D eigenvalue weighted by Gasteiger charge is -2.14. The number of nitrogens with zero attached hydrogens (tertiary/aromatic N) is 1. The summed E-state index contributed by atoms with van der Waals surface area (Å²) in [6, 6.07) is 12.4. The summed E-state index contributed by atoms with van der Waals surface area (Å²) in [6.07, 6.45) is 1.71. The second kappa shape index (κ2) is 7.15. The third-order valence-electron chi connectivity index (χ3n) is 3.39. The van der Waals surface area contributed by atoms with Gasteiger partial charge in [-0.25, -0.2) is 0 Å². The van der Waals surface area contributed by atoms with Crippen LogP contribution in [0.25, 0.3) is 6.08 Å². The van der Waals surface area contributed by atoms with Crippen LogP contribution in [-0.4, -0.2) is 17.3 Å². The lowest BCUT2D eigenvalue weighted by Crippen LogP contribution is -2.27. The molecule has 1 fully saturated rings. The van der Waals surface area contributed by atoms with Crippen molar-refractivity contribution in [3.05, 3.63) is 63.0 Å². The van der Waals surface area contributed by atoms with E-state index in [1.807, 2.05) is 0 Å². The van der Waals surface area contributed by atoms with E-state index in [-0.39, 0.29) is 5.91 Å². The van der Waals surface area contributed by atoms with Crippen LogP contribution in [0, 0.1) is 0 Å². The van der Waals surface area contributed by atoms with Crippen LogP contribution in [0.3, 0.4) is 0 Å². The van der Waals surface area contributed by atoms with Crippen molar-refractivity contribution >= 4 is 69.2 Å². The Kier molecular flexibility index (Phi) is 5.15. The van der Waals surface area contributed by atoms with Gasteiger partial charge in [-0.2, -0.15) is 0 Å². The fraction of sp³-hybridized carbons (Fsp3) is 0.0588. The molecule has 1 amide bonds. The van der Waals surface area contributed by atoms with E-state index in [9.17, 15) is 4.79 Å². The maximum absolute atomic E-state index is 12.7. The summed E-state index contributed by atoms with van der Waals surface area (Å²) in [5, 5.41) is 0.852. The van der Waals surface area contributed by atoms with Crippen LogP contribution in [0.4, 0.5) is 5.69 Å². The van der Waals surface area contributed by atoms with Gasteiger partial charge < -0.3 is 4.74 Å². The zero-order chi connectivity index (χ0) is 17.3. The van der Waals surface area contributed by atoms with Crippen LogP contribution in [0.15, 0.2) is 47.4 Å². The first-order valence-electron chi connectivity index (χ1n) is 6.87. The summed E-state index contributed by atoms with van der Waals surface area (Å²) in [5.74, 6) is 0.525. The van der Waals surface area contributed by atoms with E-state index in [0.29, 0.717) is 36.3 Å². The molecule has 7 heteroatoms. The monoisotopic (exact) mass is 395 g/mol. The Morgan fingerprint density at radius 1 is 1.17 bits per heavy atom. The van der Waals surface area contributed by atoms with Crippen molar-refractivity contribution in [1.82, 2.24) is 0 Å². The van der Waals surface area contributed by atoms with Crippen molar-refractivity contribution in [2.24, 2.45) is 0 Å². The molecule has 1 aliphatic heterocycles. The molecule has 2 aromatic carbocycles. The minimum Gasteiger partial charge on any atom is -0.497 e. The van der Waals surface area contributed by atoms with Crippen LogP contribution < -0.4 is 9.64 Å². The van der Waals surface area contributed by atoms with Gasteiger partial charge in [0.25, 0.3) is 5.91 Å². The fourth-order valence-corrected chi connectivity index (χ4v) is 3.85. The van der Waals surface area contributed by atoms with Crippen LogP contribution in [0.5, 0.6) is 5.75 Å². The van der Waals surface area contributed by atoms with E-state index < -0.39 is 0 Å². The Hall–Kier alpha value is -1.53. The molecule has 1 heterocycles. The van der Waals surface area contributed by atoms with Gasteiger partial charge in [0.2, 0.25) is 0 Å². The summed E-state index contributed by atoms with van der Waals surface area (Å²) in [6.45, 7) is 0. The van der Waals surface area contributed by atoms with Crippen molar-refractivity contribution in [3.63, 3.8) is 0 Å². The topological polar surface area (TPSA) is 29.5 Å². The summed E-state index contributed by atoms with van der Waals surface area (Å²) in [4.78, 5) is 14.7. The molecule has 24 heavy (non-hydrogen) atoms. The second-order valence-corrected chi connectivity index (χ2v) is 7.32. The zero-order valence-corrected chi connectivity index (χ0v) is 15.6. The van der Waals surface area contributed by atoms with Gasteiger partial charge in [-0.3, -0.25) is 9.69 Å². The largest absolute Gasteiger partial charge is 0.497 e. The number of thioether (sulfide) groups is 1. The van der Waals surface area contributed by atoms with Gasteiger partial charge in [-0.1, -0.05) is 59.3 Å². The van der Waals surface area contributed by atoms with Crippen LogP contribution in [-0.2, 0) is 4.79 Å². The molecule has 1 saturated heterocycles. The maximum atomic E-state index is 12.7. The van der Waals surface area contributed by atoms with Crippen LogP contribution in [0.1, 0.15) is 5.56 Å². The maximum Gasteiger partial charge on any atom is 0.270 e. The molecular weight excluding hydrogens is 385 g/mol. The Morgan fingerprint density at radius 2 is 1.88 bits per heavy atom. The number of carbonyl (C=O) groups is 1. The van der Waals surface area contributed by atoms with Crippen molar-refractivity contribution < 1.29 is 9.53 Å². The number of halogens is 2. The van der Waals surface area contributed by atoms with Crippen molar-refractivity contribution in [2.45, 2.75) is 0 Å². The lowest BCUT2D eigenvalue weighted by molar-refractivity contribution is -0.113. The molecule has 0 atom stereocenters. The van der Waals surface area contributed by atoms with Gasteiger partial charge in [0.15, 0.2) is 4.32 Å². The smallest absolute Gasteiger partial charge is 0.270 e. The zero-order valence-electron chi connectivity index (χ0n) is 12.5. The standard InChI is InChI=1S/C17H11Cl2NO2S2/c1-22-12-7-5-11(6-8-12)20-16(21)14(24-17(20)23)9-10-3-2-4-13(18)15(10)19/h2-9H,1H3/b14-9+. The molecule has 0 unspecified atom stereocenters. The third kappa shape index (κ3) is 3.30. The highest BCUT2D eigenvalue weighted by atomic mass is 35.5. The quantitative estimate of drug-likeness (QED) is 0.513. The van der Waals surface area contributed by atoms with Gasteiger partial charge in [-0.15, -0.1) is 0 Å². The molecule has 0 spiro atoms. The van der Waals surface area contributed by atoms with E-state index in [1.54, 1.807) is 55.7 Å². The molecule has 0 saturated carbocycles. The summed E-state index contributed by atoms with van der Waals surface area (Å²) in [5.41, 5.74) is 1.37. The summed E-state index contributed by atoms with van der Waals surface area (Å²) in [7, 11) is 1.59. The number of ether oxygens (including phenoxy) is 1. The number of methoxy groups -OCH3 is 1. The van der Waals surface area contributed by atoms with Gasteiger partial charge >= 0.3 is 0 Å². The number of hydrogen-bond donors (Lipinski definition) is 0. The number of hydrogen-bond acceptors (Lipinski definition) is 4. The Morgan fingerprint density at radius 3 is 2.54 bits per heavy atom. The number of amides is 1. The number of rotatable bonds is 3. The molecule has 0 N–H and O–H groups in total. The Bertz CT molecular complexity index is 850. The van der Waals surface area contributed by atoms with Crippen LogP contribution >= 0.6 is 47.2 Å². The Balaban J connectivity index is 1.93.